The molecule has 0 spiro atoms. The average Bonchev–Trinajstić information content (AvgIpc) is 2.82. The van der Waals surface area contributed by atoms with E-state index in [1.54, 1.807) is 32.1 Å². The molecular formula is C26H28ClF3N2O5. The van der Waals surface area contributed by atoms with Gasteiger partial charge in [0.2, 0.25) is 5.88 Å². The number of carboxylic acid groups (broad SMARTS) is 1. The van der Waals surface area contributed by atoms with Gasteiger partial charge in [0.05, 0.1) is 6.10 Å². The quantitative estimate of drug-likeness (QED) is 0.481. The molecule has 0 saturated heterocycles. The van der Waals surface area contributed by atoms with Crippen LogP contribution in [0.2, 0.25) is 0 Å². The summed E-state index contributed by atoms with van der Waals surface area (Å²) in [6, 6.07) is 6.23. The summed E-state index contributed by atoms with van der Waals surface area (Å²) in [6.07, 6.45) is 0.730. The summed E-state index contributed by atoms with van der Waals surface area (Å²) in [5.74, 6) is -0.285. The lowest BCUT2D eigenvalue weighted by Crippen LogP contribution is -2.34. The van der Waals surface area contributed by atoms with Crippen LogP contribution in [0.15, 0.2) is 47.7 Å². The van der Waals surface area contributed by atoms with Crippen LogP contribution in [0.1, 0.15) is 37.0 Å². The fourth-order valence-electron chi connectivity index (χ4n) is 4.02. The Kier molecular flexibility index (Phi) is 9.09. The number of pyridine rings is 1. The monoisotopic (exact) mass is 540 g/mol. The molecule has 1 aromatic heterocycles. The zero-order valence-electron chi connectivity index (χ0n) is 20.4. The van der Waals surface area contributed by atoms with Crippen molar-refractivity contribution in [1.82, 2.24) is 9.88 Å². The van der Waals surface area contributed by atoms with E-state index in [9.17, 15) is 23.1 Å². The number of ether oxygens (including phenoxy) is 3. The minimum absolute atomic E-state index is 0. The van der Waals surface area contributed by atoms with E-state index in [-0.39, 0.29) is 24.6 Å². The Morgan fingerprint density at radius 1 is 1.27 bits per heavy atom. The van der Waals surface area contributed by atoms with Gasteiger partial charge in [-0.15, -0.1) is 12.4 Å². The zero-order valence-corrected chi connectivity index (χ0v) is 21.2. The summed E-state index contributed by atoms with van der Waals surface area (Å²) >= 11 is 0. The Morgan fingerprint density at radius 3 is 2.76 bits per heavy atom. The Balaban J connectivity index is 0.00000380. The average molecular weight is 541 g/mol. The normalized spacial score (nSPS) is 15.6. The molecule has 7 nitrogen and oxygen atoms in total. The number of aliphatic carboxylic acids is 1. The SMILES string of the molecule is CC(C)Oc1ncc(COc2ccc3c(c2)OCC(CN2CCC=C(C(=O)O)C2)=C3)cc1C(F)(F)F.Cl. The highest BCUT2D eigenvalue weighted by atomic mass is 35.5. The molecule has 0 saturated carbocycles. The predicted molar refractivity (Wildman–Crippen MR) is 133 cm³/mol. The molecule has 2 aromatic rings. The molecule has 11 heteroatoms. The van der Waals surface area contributed by atoms with E-state index in [1.807, 2.05) is 12.1 Å². The topological polar surface area (TPSA) is 81.1 Å². The van der Waals surface area contributed by atoms with E-state index in [2.05, 4.69) is 9.88 Å². The third-order valence-corrected chi connectivity index (χ3v) is 5.66. The maximum Gasteiger partial charge on any atom is 0.421 e. The number of carbonyl (C=O) groups is 1. The van der Waals surface area contributed by atoms with Gasteiger partial charge in [-0.25, -0.2) is 9.78 Å². The van der Waals surface area contributed by atoms with Crippen molar-refractivity contribution in [2.45, 2.75) is 39.2 Å². The van der Waals surface area contributed by atoms with E-state index in [0.717, 1.165) is 23.7 Å². The summed E-state index contributed by atoms with van der Waals surface area (Å²) in [4.78, 5) is 17.2. The molecule has 200 valence electrons. The molecule has 2 aliphatic heterocycles. The number of hydrogen-bond acceptors (Lipinski definition) is 6. The van der Waals surface area contributed by atoms with Crippen molar-refractivity contribution in [1.29, 1.82) is 0 Å². The maximum absolute atomic E-state index is 13.5. The summed E-state index contributed by atoms with van der Waals surface area (Å²) in [5.41, 5.74) is 1.60. The van der Waals surface area contributed by atoms with Gasteiger partial charge >= 0.3 is 12.1 Å². The van der Waals surface area contributed by atoms with Crippen LogP contribution in [0.25, 0.3) is 6.08 Å². The molecule has 1 aromatic carbocycles. The second-order valence-corrected chi connectivity index (χ2v) is 8.97. The van der Waals surface area contributed by atoms with Crippen LogP contribution in [0.3, 0.4) is 0 Å². The van der Waals surface area contributed by atoms with Crippen LogP contribution in [0.5, 0.6) is 17.4 Å². The molecule has 4 rings (SSSR count). The number of fused-ring (bicyclic) bond motifs is 1. The molecule has 0 unspecified atom stereocenters. The number of alkyl halides is 3. The number of rotatable bonds is 8. The third-order valence-electron chi connectivity index (χ3n) is 5.66. The van der Waals surface area contributed by atoms with Crippen molar-refractivity contribution in [3.05, 3.63) is 64.4 Å². The first-order valence-corrected chi connectivity index (χ1v) is 11.5. The molecule has 0 fully saturated rings. The summed E-state index contributed by atoms with van der Waals surface area (Å²) in [5, 5.41) is 9.22. The fraction of sp³-hybridized carbons (Fsp3) is 0.385. The van der Waals surface area contributed by atoms with Crippen LogP contribution < -0.4 is 14.2 Å². The molecule has 0 amide bonds. The molecule has 3 heterocycles. The van der Waals surface area contributed by atoms with Crippen molar-refractivity contribution < 1.29 is 37.3 Å². The molecule has 0 bridgehead atoms. The van der Waals surface area contributed by atoms with Crippen molar-refractivity contribution in [3.63, 3.8) is 0 Å². The number of hydrogen-bond donors (Lipinski definition) is 1. The smallest absolute Gasteiger partial charge is 0.421 e. The number of aromatic nitrogens is 1. The predicted octanol–water partition coefficient (Wildman–Crippen LogP) is 5.38. The lowest BCUT2D eigenvalue weighted by Gasteiger charge is -2.28. The Labute approximate surface area is 218 Å². The van der Waals surface area contributed by atoms with Gasteiger partial charge in [0.1, 0.15) is 30.3 Å². The number of benzene rings is 1. The van der Waals surface area contributed by atoms with Gasteiger partial charge in [-0.2, -0.15) is 13.2 Å². The van der Waals surface area contributed by atoms with Crippen LogP contribution in [-0.2, 0) is 17.6 Å². The molecule has 2 aliphatic rings. The Morgan fingerprint density at radius 2 is 2.05 bits per heavy atom. The van der Waals surface area contributed by atoms with Crippen molar-refractivity contribution >= 4 is 24.5 Å². The van der Waals surface area contributed by atoms with Crippen LogP contribution in [0.4, 0.5) is 13.2 Å². The minimum atomic E-state index is -4.60. The maximum atomic E-state index is 13.5. The molecule has 0 aliphatic carbocycles. The van der Waals surface area contributed by atoms with E-state index in [4.69, 9.17) is 14.2 Å². The van der Waals surface area contributed by atoms with Crippen LogP contribution >= 0.6 is 12.4 Å². The van der Waals surface area contributed by atoms with Gasteiger partial charge in [-0.1, -0.05) is 6.08 Å². The first-order valence-electron chi connectivity index (χ1n) is 11.5. The van der Waals surface area contributed by atoms with Crippen molar-refractivity contribution in [3.8, 4) is 17.4 Å². The molecular weight excluding hydrogens is 513 g/mol. The summed E-state index contributed by atoms with van der Waals surface area (Å²) in [6.45, 7) is 5.30. The van der Waals surface area contributed by atoms with Crippen LogP contribution in [-0.4, -0.2) is 53.3 Å². The highest BCUT2D eigenvalue weighted by Gasteiger charge is 2.36. The molecule has 1 N–H and O–H groups in total. The van der Waals surface area contributed by atoms with E-state index in [1.165, 1.54) is 6.20 Å². The van der Waals surface area contributed by atoms with Gasteiger partial charge in [-0.3, -0.25) is 4.90 Å². The zero-order chi connectivity index (χ0) is 25.9. The van der Waals surface area contributed by atoms with E-state index in [0.29, 0.717) is 43.2 Å². The highest BCUT2D eigenvalue weighted by molar-refractivity contribution is 5.87. The summed E-state index contributed by atoms with van der Waals surface area (Å²) < 4.78 is 57.1. The van der Waals surface area contributed by atoms with Gasteiger partial charge in [0.15, 0.2) is 0 Å². The second kappa shape index (κ2) is 11.9. The van der Waals surface area contributed by atoms with Gasteiger partial charge < -0.3 is 19.3 Å². The first-order chi connectivity index (χ1) is 17.1. The van der Waals surface area contributed by atoms with Crippen molar-refractivity contribution in [2.24, 2.45) is 0 Å². The number of halogens is 4. The van der Waals surface area contributed by atoms with Gasteiger partial charge in [0, 0.05) is 48.6 Å². The Hall–Kier alpha value is -3.24. The van der Waals surface area contributed by atoms with Gasteiger partial charge in [-0.05, 0) is 50.1 Å². The summed E-state index contributed by atoms with van der Waals surface area (Å²) in [7, 11) is 0. The van der Waals surface area contributed by atoms with Crippen molar-refractivity contribution in [2.75, 3.05) is 26.2 Å². The molecule has 37 heavy (non-hydrogen) atoms. The first kappa shape index (κ1) is 28.3. The number of nitrogens with zero attached hydrogens (tertiary/aromatic N) is 2. The second-order valence-electron chi connectivity index (χ2n) is 8.97. The largest absolute Gasteiger partial charge is 0.489 e. The lowest BCUT2D eigenvalue weighted by atomic mass is 10.0. The Bertz CT molecular complexity index is 1200. The fourth-order valence-corrected chi connectivity index (χ4v) is 4.02. The molecule has 0 atom stereocenters. The van der Waals surface area contributed by atoms with E-state index < -0.39 is 29.7 Å². The standard InChI is InChI=1S/C26H27F3N2O5.ClH/c1-16(2)36-24-22(26(27,28)29)9-17(11-30-24)14-34-21-6-5-19-8-18(15-35-23(19)10-21)12-31-7-3-4-20(13-31)25(32)33;/h4-6,8-11,16H,3,7,12-15H2,1-2H3,(H,32,33);1H. The lowest BCUT2D eigenvalue weighted by molar-refractivity contribution is -0.139. The van der Waals surface area contributed by atoms with E-state index >= 15 is 0 Å². The minimum Gasteiger partial charge on any atom is -0.489 e. The number of carboxylic acids is 1. The highest BCUT2D eigenvalue weighted by Crippen LogP contribution is 2.36. The van der Waals surface area contributed by atoms with Crippen LogP contribution in [0, 0.1) is 0 Å². The van der Waals surface area contributed by atoms with Gasteiger partial charge in [0.25, 0.3) is 0 Å². The molecule has 0 radical (unpaired) electrons. The third kappa shape index (κ3) is 7.39.